The van der Waals surface area contributed by atoms with Gasteiger partial charge >= 0.3 is 5.97 Å². The minimum atomic E-state index is -0.625. The highest BCUT2D eigenvalue weighted by Crippen LogP contribution is 2.43. The molecule has 0 aliphatic heterocycles. The van der Waals surface area contributed by atoms with Crippen LogP contribution in [-0.2, 0) is 16.6 Å². The molecule has 6 nitrogen and oxygen atoms in total. The lowest BCUT2D eigenvalue weighted by Crippen LogP contribution is -2.59. The summed E-state index contributed by atoms with van der Waals surface area (Å²) < 4.78 is 6.92. The monoisotopic (exact) mass is 298 g/mol. The number of methoxy groups -OCH3 is 1. The maximum atomic E-state index is 12.4. The summed E-state index contributed by atoms with van der Waals surface area (Å²) in [7, 11) is 3.35. The number of rotatable bonds is 7. The number of carbonyl (C=O) groups excluding carboxylic acids is 1. The molecular weight excluding hydrogens is 276 g/mol. The quantitative estimate of drug-likeness (QED) is 0.603. The van der Waals surface area contributed by atoms with Gasteiger partial charge in [-0.3, -0.25) is 10.1 Å². The van der Waals surface area contributed by atoms with Crippen molar-refractivity contribution in [2.45, 2.75) is 43.4 Å². The van der Waals surface area contributed by atoms with Crippen LogP contribution in [0.25, 0.3) is 0 Å². The molecule has 0 bridgehead atoms. The van der Waals surface area contributed by atoms with E-state index in [1.54, 1.807) is 18.1 Å². The molecule has 1 fully saturated rings. The van der Waals surface area contributed by atoms with Crippen LogP contribution in [0, 0.1) is 5.92 Å². The van der Waals surface area contributed by atoms with Crippen molar-refractivity contribution in [3.8, 4) is 0 Å². The number of nitrogens with zero attached hydrogens (tertiary/aromatic N) is 3. The molecule has 1 aromatic rings. The van der Waals surface area contributed by atoms with Gasteiger partial charge in [-0.05, 0) is 32.6 Å². The number of nitrogens with one attached hydrogen (secondary N) is 1. The van der Waals surface area contributed by atoms with Gasteiger partial charge in [0.15, 0.2) is 5.16 Å². The Morgan fingerprint density at radius 2 is 2.35 bits per heavy atom. The van der Waals surface area contributed by atoms with Gasteiger partial charge in [0.1, 0.15) is 11.9 Å². The van der Waals surface area contributed by atoms with Gasteiger partial charge in [-0.25, -0.2) is 0 Å². The lowest BCUT2D eigenvalue weighted by atomic mass is 9.94. The van der Waals surface area contributed by atoms with Crippen LogP contribution in [0.5, 0.6) is 0 Å². The van der Waals surface area contributed by atoms with Crippen LogP contribution in [0.1, 0.15) is 26.7 Å². The molecule has 20 heavy (non-hydrogen) atoms. The molecule has 1 aliphatic rings. The number of thioether (sulfide) groups is 1. The molecule has 1 N–H and O–H groups in total. The maximum absolute atomic E-state index is 12.4. The summed E-state index contributed by atoms with van der Waals surface area (Å²) in [6.07, 6.45) is 3.79. The van der Waals surface area contributed by atoms with Crippen molar-refractivity contribution in [3.63, 3.8) is 0 Å². The molecule has 1 aliphatic carbocycles. The fourth-order valence-corrected chi connectivity index (χ4v) is 3.57. The summed E-state index contributed by atoms with van der Waals surface area (Å²) >= 11 is 1.54. The van der Waals surface area contributed by atoms with Crippen LogP contribution in [-0.4, -0.2) is 45.2 Å². The first-order chi connectivity index (χ1) is 9.49. The third kappa shape index (κ3) is 3.15. The van der Waals surface area contributed by atoms with E-state index in [0.717, 1.165) is 18.0 Å². The Morgan fingerprint density at radius 3 is 2.80 bits per heavy atom. The second kappa shape index (κ2) is 6.13. The molecule has 0 aromatic carbocycles. The second-order valence-corrected chi connectivity index (χ2v) is 6.49. The number of aryl methyl sites for hydroxylation is 1. The van der Waals surface area contributed by atoms with E-state index < -0.39 is 5.54 Å². The smallest absolute Gasteiger partial charge is 0.327 e. The molecule has 1 saturated carbocycles. The highest BCUT2D eigenvalue weighted by atomic mass is 32.2. The molecule has 112 valence electrons. The fraction of sp³-hybridized carbons (Fsp3) is 0.769. The van der Waals surface area contributed by atoms with E-state index in [1.165, 1.54) is 7.11 Å². The van der Waals surface area contributed by atoms with Crippen molar-refractivity contribution in [2.75, 3.05) is 12.9 Å². The zero-order chi connectivity index (χ0) is 14.8. The number of aromatic nitrogens is 3. The minimum absolute atomic E-state index is 0.177. The summed E-state index contributed by atoms with van der Waals surface area (Å²) in [6, 6.07) is 0.217. The van der Waals surface area contributed by atoms with Gasteiger partial charge in [-0.1, -0.05) is 11.8 Å². The molecule has 0 radical (unpaired) electrons. The van der Waals surface area contributed by atoms with E-state index in [9.17, 15) is 4.79 Å². The number of hydrogen-bond donors (Lipinski definition) is 1. The Hall–Kier alpha value is -1.08. The van der Waals surface area contributed by atoms with E-state index in [1.807, 2.05) is 25.5 Å². The predicted octanol–water partition coefficient (Wildman–Crippen LogP) is 1.23. The van der Waals surface area contributed by atoms with Crippen molar-refractivity contribution in [2.24, 2.45) is 13.0 Å². The van der Waals surface area contributed by atoms with Crippen LogP contribution in [0.2, 0.25) is 0 Å². The van der Waals surface area contributed by atoms with Crippen molar-refractivity contribution in [3.05, 3.63) is 6.33 Å². The molecule has 1 aromatic heterocycles. The van der Waals surface area contributed by atoms with Crippen LogP contribution in [0.3, 0.4) is 0 Å². The highest BCUT2D eigenvalue weighted by molar-refractivity contribution is 7.99. The molecular formula is C13H22N4O2S. The molecule has 0 amide bonds. The van der Waals surface area contributed by atoms with E-state index in [2.05, 4.69) is 15.5 Å². The van der Waals surface area contributed by atoms with Gasteiger partial charge in [0.2, 0.25) is 0 Å². The van der Waals surface area contributed by atoms with Gasteiger partial charge in [-0.2, -0.15) is 0 Å². The lowest BCUT2D eigenvalue weighted by molar-refractivity contribution is -0.148. The van der Waals surface area contributed by atoms with E-state index >= 15 is 0 Å². The first kappa shape index (κ1) is 15.3. The van der Waals surface area contributed by atoms with Crippen molar-refractivity contribution in [1.29, 1.82) is 0 Å². The van der Waals surface area contributed by atoms with E-state index in [-0.39, 0.29) is 12.0 Å². The molecule has 0 saturated heterocycles. The van der Waals surface area contributed by atoms with Gasteiger partial charge in [0, 0.05) is 18.8 Å². The number of hydrogen-bond acceptors (Lipinski definition) is 6. The molecule has 2 rings (SSSR count). The Bertz CT molecular complexity index is 473. The zero-order valence-electron chi connectivity index (χ0n) is 12.4. The number of esters is 1. The first-order valence-electron chi connectivity index (χ1n) is 6.82. The van der Waals surface area contributed by atoms with E-state index in [4.69, 9.17) is 4.74 Å². The molecule has 1 unspecified atom stereocenters. The number of ether oxygens (including phenoxy) is 1. The molecule has 7 heteroatoms. The SMILES string of the molecule is COC(=O)C(CSc1nncn1C)(NC(C)C)C1CC1. The Labute approximate surface area is 123 Å². The number of carbonyl (C=O) groups is 1. The third-order valence-corrected chi connectivity index (χ3v) is 4.70. The Kier molecular flexibility index (Phi) is 4.70. The predicted molar refractivity (Wildman–Crippen MR) is 77.5 cm³/mol. The van der Waals surface area contributed by atoms with Crippen LogP contribution in [0.15, 0.2) is 11.5 Å². The normalized spacial score (nSPS) is 18.1. The first-order valence-corrected chi connectivity index (χ1v) is 7.81. The van der Waals surface area contributed by atoms with Gasteiger partial charge in [0.25, 0.3) is 0 Å². The zero-order valence-corrected chi connectivity index (χ0v) is 13.2. The average molecular weight is 298 g/mol. The van der Waals surface area contributed by atoms with Gasteiger partial charge < -0.3 is 9.30 Å². The molecule has 0 spiro atoms. The third-order valence-electron chi connectivity index (χ3n) is 3.47. The highest BCUT2D eigenvalue weighted by Gasteiger charge is 2.52. The second-order valence-electron chi connectivity index (χ2n) is 5.55. The summed E-state index contributed by atoms with van der Waals surface area (Å²) in [6.45, 7) is 4.10. The Morgan fingerprint density at radius 1 is 1.65 bits per heavy atom. The topological polar surface area (TPSA) is 69.0 Å². The van der Waals surface area contributed by atoms with Crippen molar-refractivity contribution in [1.82, 2.24) is 20.1 Å². The summed E-state index contributed by atoms with van der Waals surface area (Å²) in [5, 5.41) is 12.2. The van der Waals surface area contributed by atoms with Crippen LogP contribution >= 0.6 is 11.8 Å². The molecule has 1 heterocycles. The van der Waals surface area contributed by atoms with Crippen molar-refractivity contribution < 1.29 is 9.53 Å². The Balaban J connectivity index is 2.16. The summed E-state index contributed by atoms with van der Waals surface area (Å²) in [5.74, 6) is 0.774. The summed E-state index contributed by atoms with van der Waals surface area (Å²) in [4.78, 5) is 12.4. The van der Waals surface area contributed by atoms with Crippen molar-refractivity contribution >= 4 is 17.7 Å². The largest absolute Gasteiger partial charge is 0.468 e. The summed E-state index contributed by atoms with van der Waals surface area (Å²) in [5.41, 5.74) is -0.625. The maximum Gasteiger partial charge on any atom is 0.327 e. The van der Waals surface area contributed by atoms with Gasteiger partial charge in [-0.15, -0.1) is 10.2 Å². The standard InChI is InChI=1S/C13H22N4O2S/c1-9(2)15-13(10-5-6-10,11(18)19-4)7-20-12-16-14-8-17(12)3/h8-10,15H,5-7H2,1-4H3. The fourth-order valence-electron chi connectivity index (χ4n) is 2.42. The lowest BCUT2D eigenvalue weighted by Gasteiger charge is -2.33. The molecule has 1 atom stereocenters. The van der Waals surface area contributed by atoms with Crippen LogP contribution < -0.4 is 5.32 Å². The van der Waals surface area contributed by atoms with Crippen LogP contribution in [0.4, 0.5) is 0 Å². The average Bonchev–Trinajstić information content (AvgIpc) is 3.17. The minimum Gasteiger partial charge on any atom is -0.468 e. The van der Waals surface area contributed by atoms with E-state index in [0.29, 0.717) is 11.7 Å². The van der Waals surface area contributed by atoms with Gasteiger partial charge in [0.05, 0.1) is 7.11 Å².